The maximum Gasteiger partial charge on any atom is 0.309 e. The van der Waals surface area contributed by atoms with E-state index in [1.807, 2.05) is 49.4 Å². The SMILES string of the molecule is Cc1ccc2nc(N(/N=C/c3coc4ccccc4c3=O)C(=O)c3nc4ccccc4s3)sc2c1. The Morgan fingerprint density at radius 2 is 1.77 bits per heavy atom. The molecule has 3 aromatic heterocycles. The van der Waals surface area contributed by atoms with Crippen molar-refractivity contribution in [3.8, 4) is 0 Å². The van der Waals surface area contributed by atoms with Crippen LogP contribution < -0.4 is 10.4 Å². The van der Waals surface area contributed by atoms with Crippen LogP contribution in [0.15, 0.2) is 87.3 Å². The molecule has 35 heavy (non-hydrogen) atoms. The van der Waals surface area contributed by atoms with Crippen molar-refractivity contribution in [2.75, 3.05) is 5.01 Å². The number of aryl methyl sites for hydroxylation is 1. The third-order valence-corrected chi connectivity index (χ3v) is 7.42. The molecule has 0 saturated carbocycles. The molecule has 0 atom stereocenters. The molecule has 3 aromatic carbocycles. The molecule has 0 saturated heterocycles. The molecule has 0 spiro atoms. The topological polar surface area (TPSA) is 88.7 Å². The maximum atomic E-state index is 13.6. The minimum absolute atomic E-state index is 0.225. The van der Waals surface area contributed by atoms with E-state index in [1.165, 1.54) is 40.2 Å². The van der Waals surface area contributed by atoms with Crippen LogP contribution in [0, 0.1) is 6.92 Å². The molecule has 0 radical (unpaired) electrons. The predicted molar refractivity (Wildman–Crippen MR) is 141 cm³/mol. The number of thiazole rings is 2. The Hall–Kier alpha value is -4.21. The Balaban J connectivity index is 1.46. The number of amides is 1. The Morgan fingerprint density at radius 3 is 2.66 bits per heavy atom. The highest BCUT2D eigenvalue weighted by Crippen LogP contribution is 2.32. The molecule has 0 fully saturated rings. The van der Waals surface area contributed by atoms with Crippen LogP contribution in [0.4, 0.5) is 5.13 Å². The molecule has 0 aliphatic rings. The number of benzene rings is 3. The average Bonchev–Trinajstić information content (AvgIpc) is 3.49. The fourth-order valence-corrected chi connectivity index (χ4v) is 5.57. The van der Waals surface area contributed by atoms with Crippen molar-refractivity contribution in [3.05, 3.63) is 99.4 Å². The zero-order valence-corrected chi connectivity index (χ0v) is 20.0. The highest BCUT2D eigenvalue weighted by Gasteiger charge is 2.24. The summed E-state index contributed by atoms with van der Waals surface area (Å²) < 4.78 is 7.42. The number of hydrogen-bond donors (Lipinski definition) is 0. The van der Waals surface area contributed by atoms with Crippen LogP contribution in [-0.4, -0.2) is 22.1 Å². The van der Waals surface area contributed by atoms with E-state index in [9.17, 15) is 9.59 Å². The van der Waals surface area contributed by atoms with Crippen molar-refractivity contribution < 1.29 is 9.21 Å². The summed E-state index contributed by atoms with van der Waals surface area (Å²) in [6.45, 7) is 2.00. The third kappa shape index (κ3) is 3.90. The molecule has 0 aliphatic carbocycles. The number of nitrogens with zero attached hydrogens (tertiary/aromatic N) is 4. The molecule has 0 unspecified atom stereocenters. The van der Waals surface area contributed by atoms with Crippen LogP contribution in [0.1, 0.15) is 20.9 Å². The van der Waals surface area contributed by atoms with Crippen LogP contribution in [0.2, 0.25) is 0 Å². The molecule has 6 aromatic rings. The first-order valence-corrected chi connectivity index (χ1v) is 12.3. The minimum atomic E-state index is -0.427. The molecule has 3 heterocycles. The molecule has 7 nitrogen and oxygen atoms in total. The van der Waals surface area contributed by atoms with Crippen LogP contribution in [0.5, 0.6) is 0 Å². The molecule has 0 N–H and O–H groups in total. The minimum Gasteiger partial charge on any atom is -0.463 e. The van der Waals surface area contributed by atoms with Gasteiger partial charge in [0.25, 0.3) is 0 Å². The Bertz CT molecular complexity index is 1800. The van der Waals surface area contributed by atoms with Gasteiger partial charge in [0.2, 0.25) is 10.6 Å². The smallest absolute Gasteiger partial charge is 0.309 e. The van der Waals surface area contributed by atoms with Crippen LogP contribution >= 0.6 is 22.7 Å². The summed E-state index contributed by atoms with van der Waals surface area (Å²) in [5.41, 5.74) is 3.07. The van der Waals surface area contributed by atoms with Gasteiger partial charge < -0.3 is 4.42 Å². The van der Waals surface area contributed by atoms with Crippen LogP contribution in [0.3, 0.4) is 0 Å². The van der Waals surface area contributed by atoms with Crippen molar-refractivity contribution in [2.45, 2.75) is 6.92 Å². The Kier molecular flexibility index (Phi) is 5.20. The molecule has 0 aliphatic heterocycles. The highest BCUT2D eigenvalue weighted by molar-refractivity contribution is 7.23. The van der Waals surface area contributed by atoms with Crippen molar-refractivity contribution >= 4 is 71.3 Å². The van der Waals surface area contributed by atoms with Gasteiger partial charge in [-0.3, -0.25) is 9.59 Å². The first-order chi connectivity index (χ1) is 17.1. The number of anilines is 1. The largest absolute Gasteiger partial charge is 0.463 e. The number of hydrazone groups is 1. The first kappa shape index (κ1) is 21.3. The Labute approximate surface area is 206 Å². The second-order valence-corrected chi connectivity index (χ2v) is 9.87. The van der Waals surface area contributed by atoms with E-state index in [2.05, 4.69) is 15.1 Å². The lowest BCUT2D eigenvalue weighted by Crippen LogP contribution is -2.26. The van der Waals surface area contributed by atoms with Gasteiger partial charge in [-0.2, -0.15) is 10.1 Å². The molecule has 9 heteroatoms. The Morgan fingerprint density at radius 1 is 0.971 bits per heavy atom. The quantitative estimate of drug-likeness (QED) is 0.221. The van der Waals surface area contributed by atoms with Crippen molar-refractivity contribution in [1.29, 1.82) is 0 Å². The molecule has 0 bridgehead atoms. The summed E-state index contributed by atoms with van der Waals surface area (Å²) in [5, 5.41) is 6.72. The van der Waals surface area contributed by atoms with Gasteiger partial charge in [0.05, 0.1) is 37.6 Å². The van der Waals surface area contributed by atoms with Gasteiger partial charge in [0.1, 0.15) is 11.8 Å². The normalized spacial score (nSPS) is 11.7. The zero-order chi connectivity index (χ0) is 23.9. The maximum absolute atomic E-state index is 13.6. The number of para-hydroxylation sites is 2. The van der Waals surface area contributed by atoms with E-state index in [-0.39, 0.29) is 16.0 Å². The standard InChI is InChI=1S/C26H16N4O3S2/c1-15-10-11-19-22(12-15)35-26(29-19)30(25(32)24-28-18-7-3-5-9-21(18)34-24)27-13-16-14-33-20-8-4-2-6-17(20)23(16)31/h2-14H,1H3/b27-13+. The second-order valence-electron chi connectivity index (χ2n) is 7.83. The lowest BCUT2D eigenvalue weighted by atomic mass is 10.2. The number of fused-ring (bicyclic) bond motifs is 3. The van der Waals surface area contributed by atoms with E-state index >= 15 is 0 Å². The van der Waals surface area contributed by atoms with Crippen molar-refractivity contribution in [1.82, 2.24) is 9.97 Å². The fourth-order valence-electron chi connectivity index (χ4n) is 3.66. The number of aromatic nitrogens is 2. The molecule has 1 amide bonds. The zero-order valence-electron chi connectivity index (χ0n) is 18.3. The third-order valence-electron chi connectivity index (χ3n) is 5.40. The van der Waals surface area contributed by atoms with Crippen molar-refractivity contribution in [3.63, 3.8) is 0 Å². The average molecular weight is 497 g/mol. The molecular weight excluding hydrogens is 480 g/mol. The summed E-state index contributed by atoms with van der Waals surface area (Å²) in [7, 11) is 0. The van der Waals surface area contributed by atoms with E-state index < -0.39 is 5.91 Å². The second kappa shape index (κ2) is 8.53. The van der Waals surface area contributed by atoms with Crippen molar-refractivity contribution in [2.24, 2.45) is 5.10 Å². The summed E-state index contributed by atoms with van der Waals surface area (Å²) in [6, 6.07) is 20.4. The molecule has 170 valence electrons. The lowest BCUT2D eigenvalue weighted by molar-refractivity contribution is 0.0987. The van der Waals surface area contributed by atoms with Gasteiger partial charge >= 0.3 is 5.91 Å². The van der Waals surface area contributed by atoms with Gasteiger partial charge in [0, 0.05) is 0 Å². The van der Waals surface area contributed by atoms with E-state index in [1.54, 1.807) is 24.3 Å². The molecule has 6 rings (SSSR count). The fraction of sp³-hybridized carbons (Fsp3) is 0.0385. The first-order valence-electron chi connectivity index (χ1n) is 10.7. The van der Waals surface area contributed by atoms with E-state index in [4.69, 9.17) is 4.42 Å². The van der Waals surface area contributed by atoms with Gasteiger partial charge in [-0.15, -0.1) is 11.3 Å². The molecular formula is C26H16N4O3S2. The van der Waals surface area contributed by atoms with Gasteiger partial charge in [-0.1, -0.05) is 41.7 Å². The summed E-state index contributed by atoms with van der Waals surface area (Å²) in [6.07, 6.45) is 2.68. The summed E-state index contributed by atoms with van der Waals surface area (Å²) >= 11 is 2.63. The monoisotopic (exact) mass is 496 g/mol. The highest BCUT2D eigenvalue weighted by atomic mass is 32.1. The number of carbonyl (C=O) groups is 1. The number of hydrogen-bond acceptors (Lipinski definition) is 8. The van der Waals surface area contributed by atoms with Gasteiger partial charge in [0.15, 0.2) is 5.01 Å². The van der Waals surface area contributed by atoms with Crippen LogP contribution in [0.25, 0.3) is 31.4 Å². The summed E-state index contributed by atoms with van der Waals surface area (Å²) in [4.78, 5) is 35.7. The number of carbonyl (C=O) groups excluding carboxylic acids is 1. The number of rotatable bonds is 4. The van der Waals surface area contributed by atoms with Gasteiger partial charge in [-0.05, 0) is 48.9 Å². The summed E-state index contributed by atoms with van der Waals surface area (Å²) in [5.74, 6) is -0.427. The van der Waals surface area contributed by atoms with Crippen LogP contribution in [-0.2, 0) is 0 Å². The predicted octanol–water partition coefficient (Wildman–Crippen LogP) is 6.00. The van der Waals surface area contributed by atoms with E-state index in [0.29, 0.717) is 16.1 Å². The lowest BCUT2D eigenvalue weighted by Gasteiger charge is -2.11. The van der Waals surface area contributed by atoms with Gasteiger partial charge in [-0.25, -0.2) is 9.97 Å². The van der Waals surface area contributed by atoms with E-state index in [0.717, 1.165) is 26.0 Å².